The normalized spacial score (nSPS) is 8.42. The average molecular weight is 453 g/mol. The number of hydrogen-bond donors (Lipinski definition) is 0. The fraction of sp³-hybridized carbons (Fsp3) is 0.100. The number of halogens is 2. The standard InChI is InChI=1S/2C9H7.C2H6Si.2ClH.Zr/c2*1-2-5-9-7-3-6-8(9)4-1;1-3-2;;;/h2*1-7H;1-2H3;2*1H;/q2*-1;;;;+2. The first-order chi connectivity index (χ1) is 10.3. The quantitative estimate of drug-likeness (QED) is 0.205. The summed E-state index contributed by atoms with van der Waals surface area (Å²) < 4.78 is 0. The van der Waals surface area contributed by atoms with Crippen LogP contribution in [0.25, 0.3) is 21.5 Å². The number of benzene rings is 2. The fourth-order valence-corrected chi connectivity index (χ4v) is 2.14. The summed E-state index contributed by atoms with van der Waals surface area (Å²) in [6.45, 7) is 4.31. The van der Waals surface area contributed by atoms with Gasteiger partial charge in [-0.15, -0.1) is 84.1 Å². The maximum Gasteiger partial charge on any atom is 2.00 e. The molecule has 0 amide bonds. The molecule has 4 rings (SSSR count). The van der Waals surface area contributed by atoms with Crippen LogP contribution in [0.1, 0.15) is 0 Å². The Hall–Kier alpha value is -0.660. The molecule has 4 heteroatoms. The Balaban J connectivity index is 0. The molecule has 0 aliphatic carbocycles. The van der Waals surface area contributed by atoms with Crippen LogP contribution in [0.15, 0.2) is 84.9 Å². The Kier molecular flexibility index (Phi) is 15.6. The predicted molar refractivity (Wildman–Crippen MR) is 111 cm³/mol. The second kappa shape index (κ2) is 14.7. The van der Waals surface area contributed by atoms with Gasteiger partial charge in [-0.05, 0) is 0 Å². The van der Waals surface area contributed by atoms with Crippen molar-refractivity contribution < 1.29 is 26.2 Å². The van der Waals surface area contributed by atoms with Crippen molar-refractivity contribution in [3.8, 4) is 0 Å². The van der Waals surface area contributed by atoms with Gasteiger partial charge in [0.15, 0.2) is 0 Å². The summed E-state index contributed by atoms with van der Waals surface area (Å²) >= 11 is 0. The van der Waals surface area contributed by atoms with Crippen molar-refractivity contribution in [1.29, 1.82) is 0 Å². The number of fused-ring (bicyclic) bond motifs is 2. The zero-order valence-corrected chi connectivity index (χ0v) is 19.0. The molecular formula is C20H22Cl2SiZr. The van der Waals surface area contributed by atoms with Crippen molar-refractivity contribution in [3.05, 3.63) is 84.9 Å². The molecule has 4 aromatic rings. The topological polar surface area (TPSA) is 0 Å². The van der Waals surface area contributed by atoms with E-state index in [0.29, 0.717) is 0 Å². The van der Waals surface area contributed by atoms with Gasteiger partial charge in [-0.3, -0.25) is 0 Å². The largest absolute Gasteiger partial charge is 2.00 e. The molecule has 0 atom stereocenters. The van der Waals surface area contributed by atoms with E-state index in [9.17, 15) is 0 Å². The van der Waals surface area contributed by atoms with Gasteiger partial charge in [0.1, 0.15) is 0 Å². The first-order valence-corrected chi connectivity index (χ1v) is 9.14. The molecule has 0 aromatic heterocycles. The summed E-state index contributed by atoms with van der Waals surface area (Å²) in [5.41, 5.74) is 0. The van der Waals surface area contributed by atoms with E-state index in [1.165, 1.54) is 21.5 Å². The Labute approximate surface area is 179 Å². The summed E-state index contributed by atoms with van der Waals surface area (Å²) in [6.07, 6.45) is 0. The van der Waals surface area contributed by atoms with E-state index in [1.54, 1.807) is 0 Å². The third kappa shape index (κ3) is 7.94. The Morgan fingerprint density at radius 2 is 0.958 bits per heavy atom. The molecule has 24 heavy (non-hydrogen) atoms. The second-order valence-electron chi connectivity index (χ2n) is 4.81. The van der Waals surface area contributed by atoms with Gasteiger partial charge in [0, 0.05) is 9.52 Å². The molecule has 0 bridgehead atoms. The summed E-state index contributed by atoms with van der Waals surface area (Å²) in [5.74, 6) is 0. The van der Waals surface area contributed by atoms with E-state index < -0.39 is 0 Å². The minimum Gasteiger partial charge on any atom is -0.168 e. The Bertz CT molecular complexity index is 651. The molecule has 0 spiro atoms. The monoisotopic (exact) mass is 450 g/mol. The zero-order valence-electron chi connectivity index (χ0n) is 13.9. The van der Waals surface area contributed by atoms with Crippen molar-refractivity contribution in [1.82, 2.24) is 0 Å². The number of rotatable bonds is 0. The van der Waals surface area contributed by atoms with Gasteiger partial charge in [-0.25, -0.2) is 0 Å². The SMILES string of the molecule is C[Si]C.Cl.Cl.[Zr+2].c1ccc2[cH-]ccc2c1.c1ccc2[cH-]ccc2c1. The third-order valence-electron chi connectivity index (χ3n) is 3.10. The smallest absolute Gasteiger partial charge is 0.168 e. The van der Waals surface area contributed by atoms with Gasteiger partial charge in [-0.2, -0.15) is 35.0 Å². The summed E-state index contributed by atoms with van der Waals surface area (Å²) in [5, 5.41) is 5.32. The Morgan fingerprint density at radius 1 is 0.625 bits per heavy atom. The molecule has 0 saturated carbocycles. The van der Waals surface area contributed by atoms with Crippen LogP contribution in [0.5, 0.6) is 0 Å². The first-order valence-electron chi connectivity index (χ1n) is 7.14. The Morgan fingerprint density at radius 3 is 1.29 bits per heavy atom. The van der Waals surface area contributed by atoms with Gasteiger partial charge in [0.2, 0.25) is 0 Å². The fourth-order valence-electron chi connectivity index (χ4n) is 2.14. The van der Waals surface area contributed by atoms with Gasteiger partial charge < -0.3 is 0 Å². The van der Waals surface area contributed by atoms with E-state index in [4.69, 9.17) is 0 Å². The molecule has 4 aromatic carbocycles. The van der Waals surface area contributed by atoms with Crippen LogP contribution in [-0.4, -0.2) is 9.52 Å². The molecule has 0 unspecified atom stereocenters. The van der Waals surface area contributed by atoms with Crippen molar-refractivity contribution in [2.45, 2.75) is 13.1 Å². The third-order valence-corrected chi connectivity index (χ3v) is 3.10. The minimum absolute atomic E-state index is 0. The van der Waals surface area contributed by atoms with E-state index in [0.717, 1.165) is 9.52 Å². The summed E-state index contributed by atoms with van der Waals surface area (Å²) in [4.78, 5) is 0. The van der Waals surface area contributed by atoms with Crippen LogP contribution in [-0.2, 0) is 26.2 Å². The van der Waals surface area contributed by atoms with E-state index >= 15 is 0 Å². The second-order valence-corrected chi connectivity index (χ2v) is 5.81. The molecule has 0 fully saturated rings. The number of hydrogen-bond acceptors (Lipinski definition) is 0. The zero-order chi connectivity index (χ0) is 14.9. The molecule has 0 aliphatic rings. The molecule has 0 saturated heterocycles. The first kappa shape index (κ1) is 25.6. The van der Waals surface area contributed by atoms with E-state index in [2.05, 4.69) is 98.0 Å². The van der Waals surface area contributed by atoms with E-state index in [1.807, 2.05) is 0 Å². The van der Waals surface area contributed by atoms with Gasteiger partial charge >= 0.3 is 26.2 Å². The molecule has 0 aliphatic heterocycles. The van der Waals surface area contributed by atoms with Crippen LogP contribution >= 0.6 is 24.8 Å². The van der Waals surface area contributed by atoms with Crippen molar-refractivity contribution in [3.63, 3.8) is 0 Å². The molecule has 2 radical (unpaired) electrons. The van der Waals surface area contributed by atoms with Crippen LogP contribution in [0, 0.1) is 0 Å². The summed E-state index contributed by atoms with van der Waals surface area (Å²) in [6, 6.07) is 29.3. The van der Waals surface area contributed by atoms with Crippen LogP contribution < -0.4 is 0 Å². The summed E-state index contributed by atoms with van der Waals surface area (Å²) in [7, 11) is 1.08. The maximum absolute atomic E-state index is 2.15. The molecule has 0 nitrogen and oxygen atoms in total. The average Bonchev–Trinajstić information content (AvgIpc) is 3.17. The van der Waals surface area contributed by atoms with Crippen LogP contribution in [0.2, 0.25) is 13.1 Å². The van der Waals surface area contributed by atoms with Gasteiger partial charge in [0.05, 0.1) is 0 Å². The van der Waals surface area contributed by atoms with Crippen LogP contribution in [0.4, 0.5) is 0 Å². The molecule has 124 valence electrons. The van der Waals surface area contributed by atoms with Crippen LogP contribution in [0.3, 0.4) is 0 Å². The predicted octanol–water partition coefficient (Wildman–Crippen LogP) is 6.75. The van der Waals surface area contributed by atoms with Crippen molar-refractivity contribution in [2.75, 3.05) is 0 Å². The van der Waals surface area contributed by atoms with Gasteiger partial charge in [-0.1, -0.05) is 25.2 Å². The van der Waals surface area contributed by atoms with Crippen molar-refractivity contribution >= 4 is 55.9 Å². The molecule has 0 N–H and O–H groups in total. The minimum atomic E-state index is 0. The van der Waals surface area contributed by atoms with E-state index in [-0.39, 0.29) is 51.0 Å². The molecule has 0 heterocycles. The van der Waals surface area contributed by atoms with Crippen molar-refractivity contribution in [2.24, 2.45) is 0 Å². The van der Waals surface area contributed by atoms with Gasteiger partial charge in [0.25, 0.3) is 0 Å². The maximum atomic E-state index is 2.15. The molecular weight excluding hydrogens is 430 g/mol.